The lowest BCUT2D eigenvalue weighted by atomic mass is 10.1. The van der Waals surface area contributed by atoms with E-state index in [0.717, 1.165) is 25.2 Å². The van der Waals surface area contributed by atoms with Crippen molar-refractivity contribution in [3.63, 3.8) is 0 Å². The van der Waals surface area contributed by atoms with E-state index in [0.29, 0.717) is 30.4 Å². The number of ether oxygens (including phenoxy) is 1. The van der Waals surface area contributed by atoms with Crippen LogP contribution in [0, 0.1) is 6.92 Å². The van der Waals surface area contributed by atoms with Crippen molar-refractivity contribution >= 4 is 17.7 Å². The van der Waals surface area contributed by atoms with Gasteiger partial charge in [-0.3, -0.25) is 4.79 Å². The minimum absolute atomic E-state index is 0.0291. The van der Waals surface area contributed by atoms with Crippen LogP contribution in [0.4, 0.5) is 0 Å². The molecule has 0 bridgehead atoms. The molecule has 0 saturated carbocycles. The number of benzene rings is 1. The van der Waals surface area contributed by atoms with E-state index in [1.165, 1.54) is 11.1 Å². The molecule has 3 rings (SSSR count). The summed E-state index contributed by atoms with van der Waals surface area (Å²) in [7, 11) is 0. The topological polar surface area (TPSA) is 77.2 Å². The van der Waals surface area contributed by atoms with E-state index < -0.39 is 0 Å². The van der Waals surface area contributed by atoms with Gasteiger partial charge in [0.05, 0.1) is 5.75 Å². The fraction of sp³-hybridized carbons (Fsp3) is 0.500. The summed E-state index contributed by atoms with van der Waals surface area (Å²) in [5, 5.41) is 6.84. The summed E-state index contributed by atoms with van der Waals surface area (Å²) in [6.45, 7) is 3.35. The molecular formula is C18H23N3O3S. The highest BCUT2D eigenvalue weighted by Gasteiger charge is 2.23. The van der Waals surface area contributed by atoms with Gasteiger partial charge in [0.1, 0.15) is 6.10 Å². The number of aromatic nitrogens is 2. The second kappa shape index (κ2) is 9.01. The minimum atomic E-state index is -0.0614. The van der Waals surface area contributed by atoms with Gasteiger partial charge >= 0.3 is 0 Å². The van der Waals surface area contributed by atoms with Crippen molar-refractivity contribution in [2.45, 2.75) is 38.0 Å². The summed E-state index contributed by atoms with van der Waals surface area (Å²) >= 11 is 1.62. The SMILES string of the molecule is Cc1ccccc1CSCC(=O)NCCc1noc([C@@H]2CCCO2)n1. The Labute approximate surface area is 151 Å². The average Bonchev–Trinajstić information content (AvgIpc) is 3.28. The zero-order valence-electron chi connectivity index (χ0n) is 14.4. The van der Waals surface area contributed by atoms with Gasteiger partial charge in [-0.25, -0.2) is 0 Å². The smallest absolute Gasteiger partial charge is 0.255 e. The van der Waals surface area contributed by atoms with Gasteiger partial charge in [0, 0.05) is 25.3 Å². The monoisotopic (exact) mass is 361 g/mol. The third-order valence-electron chi connectivity index (χ3n) is 4.11. The number of hydrogen-bond donors (Lipinski definition) is 1. The molecule has 0 unspecified atom stereocenters. The van der Waals surface area contributed by atoms with E-state index in [4.69, 9.17) is 9.26 Å². The predicted octanol–water partition coefficient (Wildman–Crippen LogP) is 2.82. The Bertz CT molecular complexity index is 698. The molecule has 0 spiro atoms. The Morgan fingerprint density at radius 3 is 3.08 bits per heavy atom. The first kappa shape index (κ1) is 17.9. The molecular weight excluding hydrogens is 338 g/mol. The van der Waals surface area contributed by atoms with E-state index in [2.05, 4.69) is 34.5 Å². The Kier molecular flexibility index (Phi) is 6.47. The van der Waals surface area contributed by atoms with E-state index >= 15 is 0 Å². The molecule has 7 heteroatoms. The fourth-order valence-corrected chi connectivity index (χ4v) is 3.60. The molecule has 6 nitrogen and oxygen atoms in total. The molecule has 2 aromatic rings. The molecule has 1 atom stereocenters. The highest BCUT2D eigenvalue weighted by molar-refractivity contribution is 7.99. The van der Waals surface area contributed by atoms with Gasteiger partial charge in [-0.05, 0) is 30.9 Å². The van der Waals surface area contributed by atoms with E-state index in [1.807, 2.05) is 12.1 Å². The molecule has 1 aliphatic rings. The Morgan fingerprint density at radius 2 is 2.28 bits per heavy atom. The third kappa shape index (κ3) is 5.31. The summed E-state index contributed by atoms with van der Waals surface area (Å²) < 4.78 is 10.7. The minimum Gasteiger partial charge on any atom is -0.368 e. The molecule has 25 heavy (non-hydrogen) atoms. The van der Waals surface area contributed by atoms with Crippen molar-refractivity contribution < 1.29 is 14.1 Å². The maximum atomic E-state index is 11.9. The molecule has 1 aromatic heterocycles. The van der Waals surface area contributed by atoms with E-state index in [-0.39, 0.29) is 12.0 Å². The lowest BCUT2D eigenvalue weighted by Gasteiger charge is -2.06. The van der Waals surface area contributed by atoms with Crippen molar-refractivity contribution in [3.8, 4) is 0 Å². The van der Waals surface area contributed by atoms with E-state index in [9.17, 15) is 4.79 Å². The summed E-state index contributed by atoms with van der Waals surface area (Å²) in [6, 6.07) is 8.24. The molecule has 1 N–H and O–H groups in total. The molecule has 134 valence electrons. The van der Waals surface area contributed by atoms with Crippen molar-refractivity contribution in [1.82, 2.24) is 15.5 Å². The van der Waals surface area contributed by atoms with Crippen molar-refractivity contribution in [1.29, 1.82) is 0 Å². The summed E-state index contributed by atoms with van der Waals surface area (Å²) in [5.41, 5.74) is 2.53. The number of nitrogens with one attached hydrogen (secondary N) is 1. The molecule has 1 fully saturated rings. The first-order valence-corrected chi connectivity index (χ1v) is 9.71. The number of amides is 1. The van der Waals surface area contributed by atoms with Crippen LogP contribution in [0.3, 0.4) is 0 Å². The van der Waals surface area contributed by atoms with Gasteiger partial charge < -0.3 is 14.6 Å². The first-order chi connectivity index (χ1) is 12.2. The zero-order chi connectivity index (χ0) is 17.5. The number of hydrogen-bond acceptors (Lipinski definition) is 6. The molecule has 1 saturated heterocycles. The van der Waals surface area contributed by atoms with Gasteiger partial charge in [-0.1, -0.05) is 29.4 Å². The van der Waals surface area contributed by atoms with Crippen LogP contribution in [0.15, 0.2) is 28.8 Å². The Morgan fingerprint density at radius 1 is 1.40 bits per heavy atom. The number of aryl methyl sites for hydroxylation is 1. The number of carbonyl (C=O) groups excluding carboxylic acids is 1. The number of nitrogens with zero attached hydrogens (tertiary/aromatic N) is 2. The molecule has 0 aliphatic carbocycles. The second-order valence-electron chi connectivity index (χ2n) is 6.07. The van der Waals surface area contributed by atoms with E-state index in [1.54, 1.807) is 11.8 Å². The normalized spacial score (nSPS) is 16.9. The molecule has 2 heterocycles. The lowest BCUT2D eigenvalue weighted by molar-refractivity contribution is -0.118. The van der Waals surface area contributed by atoms with Crippen LogP contribution < -0.4 is 5.32 Å². The molecule has 1 aliphatic heterocycles. The standard InChI is InChI=1S/C18H23N3O3S/c1-13-5-2-3-6-14(13)11-25-12-17(22)19-9-8-16-20-18(24-21-16)15-7-4-10-23-15/h2-3,5-6,15H,4,7-12H2,1H3,(H,19,22)/t15-/m0/s1. The largest absolute Gasteiger partial charge is 0.368 e. The zero-order valence-corrected chi connectivity index (χ0v) is 15.2. The summed E-state index contributed by atoms with van der Waals surface area (Å²) in [6.07, 6.45) is 2.45. The maximum Gasteiger partial charge on any atom is 0.255 e. The van der Waals surface area contributed by atoms with Crippen LogP contribution in [0.25, 0.3) is 0 Å². The molecule has 0 radical (unpaired) electrons. The number of carbonyl (C=O) groups is 1. The van der Waals surface area contributed by atoms with Crippen molar-refractivity contribution in [3.05, 3.63) is 47.1 Å². The maximum absolute atomic E-state index is 11.9. The predicted molar refractivity (Wildman–Crippen MR) is 96.3 cm³/mol. The van der Waals surface area contributed by atoms with Crippen LogP contribution in [0.5, 0.6) is 0 Å². The van der Waals surface area contributed by atoms with Crippen LogP contribution >= 0.6 is 11.8 Å². The van der Waals surface area contributed by atoms with Crippen LogP contribution in [0.2, 0.25) is 0 Å². The van der Waals surface area contributed by atoms with Gasteiger partial charge in [0.25, 0.3) is 5.89 Å². The molecule has 1 amide bonds. The Hall–Kier alpha value is -1.86. The molecule has 1 aromatic carbocycles. The quantitative estimate of drug-likeness (QED) is 0.779. The third-order valence-corrected chi connectivity index (χ3v) is 5.09. The van der Waals surface area contributed by atoms with Crippen LogP contribution in [-0.2, 0) is 21.7 Å². The average molecular weight is 361 g/mol. The second-order valence-corrected chi connectivity index (χ2v) is 7.06. The highest BCUT2D eigenvalue weighted by atomic mass is 32.2. The summed E-state index contributed by atoms with van der Waals surface area (Å²) in [4.78, 5) is 16.2. The summed E-state index contributed by atoms with van der Waals surface area (Å²) in [5.74, 6) is 2.48. The fourth-order valence-electron chi connectivity index (χ4n) is 2.66. The highest BCUT2D eigenvalue weighted by Crippen LogP contribution is 2.26. The van der Waals surface area contributed by atoms with Gasteiger partial charge in [0.2, 0.25) is 5.91 Å². The van der Waals surface area contributed by atoms with Crippen LogP contribution in [0.1, 0.15) is 41.8 Å². The van der Waals surface area contributed by atoms with Crippen molar-refractivity contribution in [2.75, 3.05) is 18.9 Å². The van der Waals surface area contributed by atoms with Crippen molar-refractivity contribution in [2.24, 2.45) is 0 Å². The first-order valence-electron chi connectivity index (χ1n) is 8.55. The number of rotatable bonds is 8. The number of thioether (sulfide) groups is 1. The lowest BCUT2D eigenvalue weighted by Crippen LogP contribution is -2.27. The van der Waals surface area contributed by atoms with Gasteiger partial charge in [-0.2, -0.15) is 4.98 Å². The van der Waals surface area contributed by atoms with Crippen LogP contribution in [-0.4, -0.2) is 35.0 Å². The Balaban J connectivity index is 1.33. The van der Waals surface area contributed by atoms with Gasteiger partial charge in [-0.15, -0.1) is 11.8 Å². The van der Waals surface area contributed by atoms with Gasteiger partial charge in [0.15, 0.2) is 5.82 Å².